The highest BCUT2D eigenvalue weighted by Gasteiger charge is 2.14. The highest BCUT2D eigenvalue weighted by molar-refractivity contribution is 7.22. The van der Waals surface area contributed by atoms with Crippen molar-refractivity contribution < 1.29 is 14.3 Å². The summed E-state index contributed by atoms with van der Waals surface area (Å²) in [5.41, 5.74) is 2.64. The van der Waals surface area contributed by atoms with Gasteiger partial charge in [0.1, 0.15) is 5.75 Å². The maximum Gasteiger partial charge on any atom is 0.257 e. The number of anilines is 2. The second kappa shape index (κ2) is 8.58. The van der Waals surface area contributed by atoms with Crippen LogP contribution in [0.1, 0.15) is 23.7 Å². The molecule has 6 nitrogen and oxygen atoms in total. The van der Waals surface area contributed by atoms with E-state index in [1.54, 1.807) is 12.1 Å². The van der Waals surface area contributed by atoms with E-state index < -0.39 is 0 Å². The van der Waals surface area contributed by atoms with Crippen LogP contribution < -0.4 is 15.0 Å². The van der Waals surface area contributed by atoms with Gasteiger partial charge < -0.3 is 14.4 Å². The molecule has 0 aliphatic carbocycles. The Morgan fingerprint density at radius 1 is 1.21 bits per heavy atom. The molecule has 2 heterocycles. The third kappa shape index (κ3) is 4.26. The van der Waals surface area contributed by atoms with Crippen molar-refractivity contribution in [2.75, 3.05) is 43.1 Å². The van der Waals surface area contributed by atoms with Crippen molar-refractivity contribution in [2.24, 2.45) is 0 Å². The number of ether oxygens (including phenoxy) is 2. The Bertz CT molecular complexity index is 949. The van der Waals surface area contributed by atoms with Crippen LogP contribution >= 0.6 is 11.3 Å². The third-order valence-corrected chi connectivity index (χ3v) is 5.49. The van der Waals surface area contributed by atoms with Gasteiger partial charge in [-0.3, -0.25) is 10.1 Å². The Balaban J connectivity index is 1.45. The molecule has 1 amide bonds. The Morgan fingerprint density at radius 3 is 2.75 bits per heavy atom. The van der Waals surface area contributed by atoms with E-state index in [2.05, 4.69) is 34.3 Å². The first kappa shape index (κ1) is 18.7. The number of nitrogens with one attached hydrogen (secondary N) is 1. The normalized spacial score (nSPS) is 14.2. The summed E-state index contributed by atoms with van der Waals surface area (Å²) in [6, 6.07) is 13.4. The van der Waals surface area contributed by atoms with E-state index >= 15 is 0 Å². The molecule has 1 aromatic heterocycles. The summed E-state index contributed by atoms with van der Waals surface area (Å²) in [7, 11) is 0. The van der Waals surface area contributed by atoms with Gasteiger partial charge in [0.2, 0.25) is 0 Å². The number of aromatic nitrogens is 1. The lowest BCUT2D eigenvalue weighted by atomic mass is 10.2. The van der Waals surface area contributed by atoms with E-state index in [9.17, 15) is 4.79 Å². The number of fused-ring (bicyclic) bond motifs is 1. The van der Waals surface area contributed by atoms with Crippen LogP contribution in [0.15, 0.2) is 42.5 Å². The fraction of sp³-hybridized carbons (Fsp3) is 0.333. The molecule has 28 heavy (non-hydrogen) atoms. The number of rotatable bonds is 6. The van der Waals surface area contributed by atoms with Gasteiger partial charge in [-0.1, -0.05) is 18.3 Å². The number of carbonyl (C=O) groups is 1. The molecule has 4 rings (SSSR count). The maximum atomic E-state index is 12.5. The van der Waals surface area contributed by atoms with Gasteiger partial charge in [-0.05, 0) is 48.9 Å². The first-order valence-electron chi connectivity index (χ1n) is 9.50. The lowest BCUT2D eigenvalue weighted by Gasteiger charge is -2.28. The zero-order chi connectivity index (χ0) is 19.3. The second-order valence-corrected chi connectivity index (χ2v) is 7.63. The summed E-state index contributed by atoms with van der Waals surface area (Å²) >= 11 is 1.49. The molecule has 3 aromatic rings. The minimum absolute atomic E-state index is 0.172. The molecule has 0 saturated carbocycles. The number of thiazole rings is 1. The van der Waals surface area contributed by atoms with Gasteiger partial charge in [0, 0.05) is 24.3 Å². The number of carbonyl (C=O) groups excluding carboxylic acids is 1. The quantitative estimate of drug-likeness (QED) is 0.676. The number of morpholine rings is 1. The largest absolute Gasteiger partial charge is 0.494 e. The van der Waals surface area contributed by atoms with Gasteiger partial charge >= 0.3 is 0 Å². The van der Waals surface area contributed by atoms with Crippen molar-refractivity contribution in [1.29, 1.82) is 0 Å². The van der Waals surface area contributed by atoms with Gasteiger partial charge in [0.25, 0.3) is 5.91 Å². The van der Waals surface area contributed by atoms with Crippen molar-refractivity contribution in [2.45, 2.75) is 13.3 Å². The van der Waals surface area contributed by atoms with Crippen molar-refractivity contribution in [3.8, 4) is 5.75 Å². The van der Waals surface area contributed by atoms with E-state index in [4.69, 9.17) is 9.47 Å². The predicted octanol–water partition coefficient (Wildman–Crippen LogP) is 4.17. The van der Waals surface area contributed by atoms with Crippen LogP contribution in [0.4, 0.5) is 10.8 Å². The monoisotopic (exact) mass is 397 g/mol. The molecule has 7 heteroatoms. The average molecular weight is 398 g/mol. The lowest BCUT2D eigenvalue weighted by Crippen LogP contribution is -2.36. The molecule has 0 unspecified atom stereocenters. The Hall–Kier alpha value is -2.64. The summed E-state index contributed by atoms with van der Waals surface area (Å²) in [6.45, 7) is 6.03. The van der Waals surface area contributed by atoms with Gasteiger partial charge in [-0.25, -0.2) is 4.98 Å². The van der Waals surface area contributed by atoms with Crippen LogP contribution in [0.25, 0.3) is 10.2 Å². The summed E-state index contributed by atoms with van der Waals surface area (Å²) in [4.78, 5) is 19.4. The van der Waals surface area contributed by atoms with E-state index in [-0.39, 0.29) is 5.91 Å². The van der Waals surface area contributed by atoms with Crippen molar-refractivity contribution >= 4 is 38.3 Å². The minimum Gasteiger partial charge on any atom is -0.494 e. The van der Waals surface area contributed by atoms with Crippen molar-refractivity contribution in [1.82, 2.24) is 4.98 Å². The molecule has 146 valence electrons. The SMILES string of the molecule is CCCOc1ccc(C(=O)Nc2nc3ccc(N4CCOCC4)cc3s2)cc1. The number of hydrogen-bond acceptors (Lipinski definition) is 6. The van der Waals surface area contributed by atoms with Gasteiger partial charge in [0.15, 0.2) is 5.13 Å². The fourth-order valence-electron chi connectivity index (χ4n) is 3.08. The average Bonchev–Trinajstić information content (AvgIpc) is 3.14. The predicted molar refractivity (Wildman–Crippen MR) is 113 cm³/mol. The van der Waals surface area contributed by atoms with Gasteiger partial charge in [0.05, 0.1) is 30.0 Å². The molecule has 1 fully saturated rings. The number of hydrogen-bond donors (Lipinski definition) is 1. The molecule has 0 radical (unpaired) electrons. The summed E-state index contributed by atoms with van der Waals surface area (Å²) < 4.78 is 12.0. The van der Waals surface area contributed by atoms with Crippen LogP contribution in [0.5, 0.6) is 5.75 Å². The van der Waals surface area contributed by atoms with Gasteiger partial charge in [-0.2, -0.15) is 0 Å². The topological polar surface area (TPSA) is 63.7 Å². The van der Waals surface area contributed by atoms with Crippen molar-refractivity contribution in [3.05, 3.63) is 48.0 Å². The summed E-state index contributed by atoms with van der Waals surface area (Å²) in [5.74, 6) is 0.600. The summed E-state index contributed by atoms with van der Waals surface area (Å²) in [5, 5.41) is 3.51. The molecular formula is C21H23N3O3S. The van der Waals surface area contributed by atoms with Crippen LogP contribution in [-0.2, 0) is 4.74 Å². The molecule has 1 N–H and O–H groups in total. The Morgan fingerprint density at radius 2 is 2.00 bits per heavy atom. The fourth-order valence-corrected chi connectivity index (χ4v) is 3.97. The van der Waals surface area contributed by atoms with E-state index in [0.717, 1.165) is 48.7 Å². The molecule has 2 aromatic carbocycles. The standard InChI is InChI=1S/C21H23N3O3S/c1-2-11-27-17-6-3-15(4-7-17)20(25)23-21-22-18-8-5-16(14-19(18)28-21)24-9-12-26-13-10-24/h3-8,14H,2,9-13H2,1H3,(H,22,23,25). The van der Waals surface area contributed by atoms with E-state index in [1.165, 1.54) is 17.0 Å². The summed E-state index contributed by atoms with van der Waals surface area (Å²) in [6.07, 6.45) is 0.951. The zero-order valence-corrected chi connectivity index (χ0v) is 16.6. The molecule has 0 atom stereocenters. The van der Waals surface area contributed by atoms with Crippen LogP contribution in [0.3, 0.4) is 0 Å². The maximum absolute atomic E-state index is 12.5. The first-order chi connectivity index (χ1) is 13.7. The molecule has 0 spiro atoms. The molecule has 1 aliphatic rings. The lowest BCUT2D eigenvalue weighted by molar-refractivity contribution is 0.102. The Labute approximate surface area is 168 Å². The number of nitrogens with zero attached hydrogens (tertiary/aromatic N) is 2. The minimum atomic E-state index is -0.172. The number of amides is 1. The zero-order valence-electron chi connectivity index (χ0n) is 15.8. The molecule has 0 bridgehead atoms. The van der Waals surface area contributed by atoms with Crippen molar-refractivity contribution in [3.63, 3.8) is 0 Å². The smallest absolute Gasteiger partial charge is 0.257 e. The van der Waals surface area contributed by atoms with Crippen LogP contribution in [0.2, 0.25) is 0 Å². The number of benzene rings is 2. The van der Waals surface area contributed by atoms with Gasteiger partial charge in [-0.15, -0.1) is 0 Å². The second-order valence-electron chi connectivity index (χ2n) is 6.60. The van der Waals surface area contributed by atoms with E-state index in [0.29, 0.717) is 17.3 Å². The highest BCUT2D eigenvalue weighted by atomic mass is 32.1. The highest BCUT2D eigenvalue weighted by Crippen LogP contribution is 2.30. The molecule has 1 saturated heterocycles. The first-order valence-corrected chi connectivity index (χ1v) is 10.3. The van der Waals surface area contributed by atoms with Crippen LogP contribution in [0, 0.1) is 0 Å². The third-order valence-electron chi connectivity index (χ3n) is 4.56. The van der Waals surface area contributed by atoms with Crippen LogP contribution in [-0.4, -0.2) is 43.8 Å². The molecule has 1 aliphatic heterocycles. The van der Waals surface area contributed by atoms with E-state index in [1.807, 2.05) is 18.2 Å². The molecular weight excluding hydrogens is 374 g/mol. The Kier molecular flexibility index (Phi) is 5.73.